The second kappa shape index (κ2) is 7.03. The van der Waals surface area contributed by atoms with Crippen molar-refractivity contribution in [1.29, 1.82) is 0 Å². The second-order valence-electron chi connectivity index (χ2n) is 6.22. The maximum atomic E-state index is 12.5. The highest BCUT2D eigenvalue weighted by atomic mass is 16.5. The van der Waals surface area contributed by atoms with Gasteiger partial charge in [-0.25, -0.2) is 0 Å². The number of hydrogen-bond donors (Lipinski definition) is 1. The van der Waals surface area contributed by atoms with E-state index in [1.807, 2.05) is 54.6 Å². The van der Waals surface area contributed by atoms with E-state index < -0.39 is 0 Å². The molecule has 0 aliphatic carbocycles. The molecule has 27 heavy (non-hydrogen) atoms. The van der Waals surface area contributed by atoms with Gasteiger partial charge in [-0.2, -0.15) is 0 Å². The summed E-state index contributed by atoms with van der Waals surface area (Å²) in [6.07, 6.45) is 0.235. The number of anilines is 1. The third-order valence-corrected chi connectivity index (χ3v) is 4.47. The van der Waals surface area contributed by atoms with E-state index in [2.05, 4.69) is 5.32 Å². The molecule has 0 saturated heterocycles. The van der Waals surface area contributed by atoms with Crippen molar-refractivity contribution >= 4 is 33.5 Å². The Hall–Kier alpha value is -3.47. The predicted molar refractivity (Wildman–Crippen MR) is 106 cm³/mol. The zero-order valence-corrected chi connectivity index (χ0v) is 15.1. The van der Waals surface area contributed by atoms with Crippen molar-refractivity contribution in [3.05, 3.63) is 66.2 Å². The van der Waals surface area contributed by atoms with Crippen molar-refractivity contribution in [3.8, 4) is 11.5 Å². The first-order valence-electron chi connectivity index (χ1n) is 8.60. The van der Waals surface area contributed by atoms with E-state index in [1.54, 1.807) is 20.3 Å². The number of amides is 1. The molecule has 136 valence electrons. The summed E-state index contributed by atoms with van der Waals surface area (Å²) in [6, 6.07) is 19.0. The van der Waals surface area contributed by atoms with Crippen molar-refractivity contribution in [2.24, 2.45) is 0 Å². The minimum Gasteiger partial charge on any atom is -0.497 e. The third-order valence-electron chi connectivity index (χ3n) is 4.47. The van der Waals surface area contributed by atoms with Crippen molar-refractivity contribution in [3.63, 3.8) is 0 Å². The maximum Gasteiger partial charge on any atom is 0.228 e. The van der Waals surface area contributed by atoms with E-state index in [4.69, 9.17) is 13.9 Å². The van der Waals surface area contributed by atoms with E-state index in [0.29, 0.717) is 17.0 Å². The Morgan fingerprint density at radius 3 is 2.59 bits per heavy atom. The molecule has 3 aromatic carbocycles. The Bertz CT molecular complexity index is 1130. The van der Waals surface area contributed by atoms with Crippen molar-refractivity contribution in [2.75, 3.05) is 19.5 Å². The number of ether oxygens (including phenoxy) is 2. The Balaban J connectivity index is 1.64. The highest BCUT2D eigenvalue weighted by Crippen LogP contribution is 2.36. The Labute approximate surface area is 156 Å². The van der Waals surface area contributed by atoms with E-state index in [9.17, 15) is 4.79 Å². The van der Waals surface area contributed by atoms with Gasteiger partial charge >= 0.3 is 0 Å². The van der Waals surface area contributed by atoms with Crippen LogP contribution in [-0.2, 0) is 11.2 Å². The van der Waals surface area contributed by atoms with Gasteiger partial charge in [0.1, 0.15) is 22.7 Å². The van der Waals surface area contributed by atoms with Gasteiger partial charge in [-0.15, -0.1) is 0 Å². The number of carbonyl (C=O) groups is 1. The first-order valence-corrected chi connectivity index (χ1v) is 8.60. The predicted octanol–water partition coefficient (Wildman–Crippen LogP) is 4.78. The van der Waals surface area contributed by atoms with Crippen LogP contribution >= 0.6 is 0 Å². The zero-order valence-electron chi connectivity index (χ0n) is 15.1. The number of hydrogen-bond acceptors (Lipinski definition) is 4. The number of furan rings is 1. The molecule has 1 amide bonds. The quantitative estimate of drug-likeness (QED) is 0.555. The smallest absolute Gasteiger partial charge is 0.228 e. The second-order valence-corrected chi connectivity index (χ2v) is 6.22. The lowest BCUT2D eigenvalue weighted by Crippen LogP contribution is -2.15. The summed E-state index contributed by atoms with van der Waals surface area (Å²) in [5, 5.41) is 4.89. The molecular weight excluding hydrogens is 342 g/mol. The number of methoxy groups -OCH3 is 2. The van der Waals surface area contributed by atoms with Gasteiger partial charge in [-0.3, -0.25) is 4.79 Å². The highest BCUT2D eigenvalue weighted by Gasteiger charge is 2.14. The van der Waals surface area contributed by atoms with Crippen LogP contribution in [0.1, 0.15) is 5.56 Å². The van der Waals surface area contributed by atoms with Crippen LogP contribution in [0, 0.1) is 0 Å². The largest absolute Gasteiger partial charge is 0.497 e. The lowest BCUT2D eigenvalue weighted by atomic mass is 10.1. The van der Waals surface area contributed by atoms with Crippen LogP contribution in [0.25, 0.3) is 21.9 Å². The fourth-order valence-corrected chi connectivity index (χ4v) is 3.18. The SMILES string of the molecule is COc1cccc(CC(=O)Nc2cc3oc4ccccc4c3cc2OC)c1. The van der Waals surface area contributed by atoms with Crippen LogP contribution in [0.2, 0.25) is 0 Å². The molecule has 4 aromatic rings. The van der Waals surface area contributed by atoms with Gasteiger partial charge < -0.3 is 19.2 Å². The summed E-state index contributed by atoms with van der Waals surface area (Å²) in [7, 11) is 3.19. The molecule has 0 atom stereocenters. The maximum absolute atomic E-state index is 12.5. The van der Waals surface area contributed by atoms with Crippen molar-refractivity contribution in [1.82, 2.24) is 0 Å². The van der Waals surface area contributed by atoms with E-state index in [1.165, 1.54) is 0 Å². The topological polar surface area (TPSA) is 60.7 Å². The van der Waals surface area contributed by atoms with Crippen LogP contribution in [0.4, 0.5) is 5.69 Å². The van der Waals surface area contributed by atoms with E-state index >= 15 is 0 Å². The van der Waals surface area contributed by atoms with Crippen molar-refractivity contribution < 1.29 is 18.7 Å². The average molecular weight is 361 g/mol. The fraction of sp³-hybridized carbons (Fsp3) is 0.136. The summed E-state index contributed by atoms with van der Waals surface area (Å²) in [6.45, 7) is 0. The minimum absolute atomic E-state index is 0.142. The van der Waals surface area contributed by atoms with Crippen LogP contribution < -0.4 is 14.8 Å². The van der Waals surface area contributed by atoms with Crippen LogP contribution in [0.15, 0.2) is 65.1 Å². The number of nitrogens with one attached hydrogen (secondary N) is 1. The Kier molecular flexibility index (Phi) is 4.42. The van der Waals surface area contributed by atoms with Crippen LogP contribution in [0.3, 0.4) is 0 Å². The monoisotopic (exact) mass is 361 g/mol. The molecule has 0 spiro atoms. The molecule has 5 heteroatoms. The normalized spacial score (nSPS) is 10.9. The highest BCUT2D eigenvalue weighted by molar-refractivity contribution is 6.07. The number of benzene rings is 3. The minimum atomic E-state index is -0.142. The standard InChI is InChI=1S/C22H19NO4/c1-25-15-7-5-6-14(10-15)11-22(24)23-18-13-20-17(12-21(18)26-2)16-8-3-4-9-19(16)27-20/h3-10,12-13H,11H2,1-2H3,(H,23,24). The molecule has 0 unspecified atom stereocenters. The van der Waals surface area contributed by atoms with Gasteiger partial charge in [0.25, 0.3) is 0 Å². The van der Waals surface area contributed by atoms with Gasteiger partial charge in [0.15, 0.2) is 0 Å². The summed E-state index contributed by atoms with van der Waals surface area (Å²) in [4.78, 5) is 12.5. The van der Waals surface area contributed by atoms with Gasteiger partial charge in [0, 0.05) is 16.8 Å². The van der Waals surface area contributed by atoms with E-state index in [-0.39, 0.29) is 12.3 Å². The first kappa shape index (κ1) is 17.0. The molecule has 1 aromatic heterocycles. The average Bonchev–Trinajstić information content (AvgIpc) is 3.04. The Morgan fingerprint density at radius 2 is 1.78 bits per heavy atom. The number of fused-ring (bicyclic) bond motifs is 3. The van der Waals surface area contributed by atoms with Crippen molar-refractivity contribution in [2.45, 2.75) is 6.42 Å². The van der Waals surface area contributed by atoms with Crippen LogP contribution in [0.5, 0.6) is 11.5 Å². The molecule has 0 bridgehead atoms. The summed E-state index contributed by atoms with van der Waals surface area (Å²) < 4.78 is 16.6. The number of para-hydroxylation sites is 1. The van der Waals surface area contributed by atoms with E-state index in [0.717, 1.165) is 27.7 Å². The molecule has 4 rings (SSSR count). The molecular formula is C22H19NO4. The summed E-state index contributed by atoms with van der Waals surface area (Å²) in [5.41, 5.74) is 2.95. The number of carbonyl (C=O) groups excluding carboxylic acids is 1. The Morgan fingerprint density at radius 1 is 0.926 bits per heavy atom. The lowest BCUT2D eigenvalue weighted by Gasteiger charge is -2.11. The molecule has 1 N–H and O–H groups in total. The molecule has 0 aliphatic heterocycles. The van der Waals surface area contributed by atoms with Gasteiger partial charge in [-0.1, -0.05) is 30.3 Å². The molecule has 0 aliphatic rings. The van der Waals surface area contributed by atoms with Gasteiger partial charge in [0.2, 0.25) is 5.91 Å². The third kappa shape index (κ3) is 3.31. The molecule has 0 saturated carbocycles. The lowest BCUT2D eigenvalue weighted by molar-refractivity contribution is -0.115. The van der Waals surface area contributed by atoms with Crippen LogP contribution in [-0.4, -0.2) is 20.1 Å². The van der Waals surface area contributed by atoms with Gasteiger partial charge in [0.05, 0.1) is 26.3 Å². The van der Waals surface area contributed by atoms with Gasteiger partial charge in [-0.05, 0) is 29.8 Å². The molecule has 0 fully saturated rings. The zero-order chi connectivity index (χ0) is 18.8. The molecule has 5 nitrogen and oxygen atoms in total. The summed E-state index contributed by atoms with van der Waals surface area (Å²) >= 11 is 0. The number of rotatable bonds is 5. The fourth-order valence-electron chi connectivity index (χ4n) is 3.18. The molecule has 0 radical (unpaired) electrons. The summed E-state index contributed by atoms with van der Waals surface area (Å²) in [5.74, 6) is 1.17. The first-order chi connectivity index (χ1) is 13.2. The molecule has 1 heterocycles.